The summed E-state index contributed by atoms with van der Waals surface area (Å²) in [6.07, 6.45) is 2.19. The van der Waals surface area contributed by atoms with Crippen LogP contribution in [0.1, 0.15) is 31.7 Å². The summed E-state index contributed by atoms with van der Waals surface area (Å²) in [5.41, 5.74) is 0. The number of hydrogen-bond acceptors (Lipinski definition) is 6. The van der Waals surface area contributed by atoms with Crippen LogP contribution >= 0.6 is 0 Å². The highest BCUT2D eigenvalue weighted by atomic mass is 16.4. The van der Waals surface area contributed by atoms with E-state index < -0.39 is 0 Å². The summed E-state index contributed by atoms with van der Waals surface area (Å²) in [5, 5.41) is 13.6. The number of likely N-dealkylation sites (tertiary alicyclic amines) is 1. The van der Waals surface area contributed by atoms with Crippen molar-refractivity contribution in [2.45, 2.75) is 25.8 Å². The maximum Gasteiger partial charge on any atom is 0.315 e. The van der Waals surface area contributed by atoms with Gasteiger partial charge in [-0.1, -0.05) is 5.10 Å². The Morgan fingerprint density at radius 2 is 2.17 bits per heavy atom. The predicted octanol–water partition coefficient (Wildman–Crippen LogP) is 0.384. The van der Waals surface area contributed by atoms with Gasteiger partial charge in [-0.15, -0.1) is 5.10 Å². The van der Waals surface area contributed by atoms with Gasteiger partial charge in [-0.05, 0) is 26.8 Å². The molecule has 7 heteroatoms. The molecule has 2 rings (SSSR count). The minimum absolute atomic E-state index is 0.00216. The third kappa shape index (κ3) is 2.98. The molecule has 1 saturated heterocycles. The van der Waals surface area contributed by atoms with Crippen LogP contribution in [0.15, 0.2) is 4.42 Å². The van der Waals surface area contributed by atoms with Gasteiger partial charge in [-0.25, -0.2) is 0 Å². The van der Waals surface area contributed by atoms with Gasteiger partial charge >= 0.3 is 6.01 Å². The van der Waals surface area contributed by atoms with Gasteiger partial charge in [0.25, 0.3) is 0 Å². The van der Waals surface area contributed by atoms with Crippen molar-refractivity contribution in [3.8, 4) is 0 Å². The molecule has 2 N–H and O–H groups in total. The molecule has 1 aromatic heterocycles. The van der Waals surface area contributed by atoms with Crippen LogP contribution in [0.25, 0.3) is 0 Å². The summed E-state index contributed by atoms with van der Waals surface area (Å²) < 4.78 is 5.38. The van der Waals surface area contributed by atoms with E-state index in [1.807, 2.05) is 18.9 Å². The van der Waals surface area contributed by atoms with Gasteiger partial charge in [0.2, 0.25) is 11.8 Å². The third-order valence-corrected chi connectivity index (χ3v) is 3.09. The summed E-state index contributed by atoms with van der Waals surface area (Å²) in [6, 6.07) is 0.294. The molecule has 1 fully saturated rings. The Bertz CT molecular complexity index is 400. The largest absolute Gasteiger partial charge is 0.406 e. The van der Waals surface area contributed by atoms with Gasteiger partial charge < -0.3 is 20.0 Å². The molecule has 0 aromatic carbocycles. The number of rotatable bonds is 5. The van der Waals surface area contributed by atoms with E-state index in [4.69, 9.17) is 4.42 Å². The fraction of sp³-hybridized carbons (Fsp3) is 0.727. The van der Waals surface area contributed by atoms with E-state index in [1.54, 1.807) is 0 Å². The molecule has 1 aliphatic rings. The highest BCUT2D eigenvalue weighted by Crippen LogP contribution is 2.13. The van der Waals surface area contributed by atoms with Crippen LogP contribution in [0.4, 0.5) is 6.01 Å². The van der Waals surface area contributed by atoms with E-state index in [1.165, 1.54) is 0 Å². The van der Waals surface area contributed by atoms with Crippen LogP contribution < -0.4 is 10.6 Å². The van der Waals surface area contributed by atoms with E-state index in [9.17, 15) is 4.79 Å². The van der Waals surface area contributed by atoms with Crippen LogP contribution in [-0.4, -0.2) is 47.7 Å². The molecule has 1 atom stereocenters. The van der Waals surface area contributed by atoms with Crippen molar-refractivity contribution in [3.63, 3.8) is 0 Å². The number of nitrogens with zero attached hydrogens (tertiary/aromatic N) is 3. The SMILES string of the molecule is CNC(C)c1nnc(NCC(=O)N2CCCC2)o1. The first-order valence-corrected chi connectivity index (χ1v) is 6.23. The smallest absolute Gasteiger partial charge is 0.315 e. The molecule has 0 aliphatic carbocycles. The minimum atomic E-state index is 0.00216. The van der Waals surface area contributed by atoms with Gasteiger partial charge in [0.15, 0.2) is 0 Å². The Hall–Kier alpha value is -1.63. The molecule has 100 valence electrons. The summed E-state index contributed by atoms with van der Waals surface area (Å²) in [7, 11) is 1.82. The molecule has 0 radical (unpaired) electrons. The van der Waals surface area contributed by atoms with E-state index in [0.29, 0.717) is 11.9 Å². The number of nitrogens with one attached hydrogen (secondary N) is 2. The van der Waals surface area contributed by atoms with Gasteiger partial charge in [0, 0.05) is 13.1 Å². The maximum absolute atomic E-state index is 11.8. The lowest BCUT2D eigenvalue weighted by Crippen LogP contribution is -2.33. The first-order valence-electron chi connectivity index (χ1n) is 6.23. The van der Waals surface area contributed by atoms with Crippen LogP contribution in [-0.2, 0) is 4.79 Å². The highest BCUT2D eigenvalue weighted by Gasteiger charge is 2.18. The monoisotopic (exact) mass is 253 g/mol. The first-order chi connectivity index (χ1) is 8.70. The lowest BCUT2D eigenvalue weighted by atomic mass is 10.3. The van der Waals surface area contributed by atoms with E-state index in [0.717, 1.165) is 25.9 Å². The molecule has 1 unspecified atom stereocenters. The molecule has 7 nitrogen and oxygen atoms in total. The highest BCUT2D eigenvalue weighted by molar-refractivity contribution is 5.80. The second-order valence-electron chi connectivity index (χ2n) is 4.40. The van der Waals surface area contributed by atoms with E-state index in [2.05, 4.69) is 20.8 Å². The van der Waals surface area contributed by atoms with Gasteiger partial charge in [0.05, 0.1) is 12.6 Å². The molecule has 18 heavy (non-hydrogen) atoms. The van der Waals surface area contributed by atoms with Crippen LogP contribution in [0, 0.1) is 0 Å². The molecule has 1 aliphatic heterocycles. The molecule has 0 saturated carbocycles. The van der Waals surface area contributed by atoms with Crippen molar-refractivity contribution in [2.75, 3.05) is 32.0 Å². The number of aromatic nitrogens is 2. The number of hydrogen-bond donors (Lipinski definition) is 2. The fourth-order valence-corrected chi connectivity index (χ4v) is 1.83. The maximum atomic E-state index is 11.8. The van der Waals surface area contributed by atoms with Gasteiger partial charge in [-0.3, -0.25) is 4.79 Å². The number of carbonyl (C=O) groups is 1. The summed E-state index contributed by atoms with van der Waals surface area (Å²) in [6.45, 7) is 3.83. The molecule has 1 aromatic rings. The van der Waals surface area contributed by atoms with E-state index >= 15 is 0 Å². The quantitative estimate of drug-likeness (QED) is 0.789. The third-order valence-electron chi connectivity index (χ3n) is 3.09. The Morgan fingerprint density at radius 1 is 1.44 bits per heavy atom. The molecular weight excluding hydrogens is 234 g/mol. The Balaban J connectivity index is 1.82. The number of amides is 1. The number of anilines is 1. The zero-order valence-electron chi connectivity index (χ0n) is 10.8. The zero-order chi connectivity index (χ0) is 13.0. The van der Waals surface area contributed by atoms with Crippen molar-refractivity contribution in [3.05, 3.63) is 5.89 Å². The Kier molecular flexibility index (Phi) is 4.14. The zero-order valence-corrected chi connectivity index (χ0v) is 10.8. The van der Waals surface area contributed by atoms with Gasteiger partial charge in [0.1, 0.15) is 0 Å². The first kappa shape index (κ1) is 12.8. The van der Waals surface area contributed by atoms with Crippen LogP contribution in [0.2, 0.25) is 0 Å². The average molecular weight is 253 g/mol. The van der Waals surface area contributed by atoms with Crippen LogP contribution in [0.3, 0.4) is 0 Å². The lowest BCUT2D eigenvalue weighted by molar-refractivity contribution is -0.128. The van der Waals surface area contributed by atoms with Crippen molar-refractivity contribution in [1.29, 1.82) is 0 Å². The van der Waals surface area contributed by atoms with Gasteiger partial charge in [-0.2, -0.15) is 0 Å². The minimum Gasteiger partial charge on any atom is -0.406 e. The fourth-order valence-electron chi connectivity index (χ4n) is 1.83. The molecule has 0 bridgehead atoms. The van der Waals surface area contributed by atoms with Crippen molar-refractivity contribution in [2.24, 2.45) is 0 Å². The second-order valence-corrected chi connectivity index (χ2v) is 4.40. The molecular formula is C11H19N5O2. The summed E-state index contributed by atoms with van der Waals surface area (Å²) >= 11 is 0. The molecule has 2 heterocycles. The average Bonchev–Trinajstić information content (AvgIpc) is 3.05. The number of carbonyl (C=O) groups excluding carboxylic acids is 1. The topological polar surface area (TPSA) is 83.3 Å². The second kappa shape index (κ2) is 5.81. The molecule has 1 amide bonds. The van der Waals surface area contributed by atoms with Crippen molar-refractivity contribution >= 4 is 11.9 Å². The Labute approximate surface area is 106 Å². The van der Waals surface area contributed by atoms with Crippen molar-refractivity contribution < 1.29 is 9.21 Å². The lowest BCUT2D eigenvalue weighted by Gasteiger charge is -2.14. The van der Waals surface area contributed by atoms with E-state index in [-0.39, 0.29) is 18.5 Å². The van der Waals surface area contributed by atoms with Crippen molar-refractivity contribution in [1.82, 2.24) is 20.4 Å². The molecule has 0 spiro atoms. The summed E-state index contributed by atoms with van der Waals surface area (Å²) in [5.74, 6) is 0.586. The Morgan fingerprint density at radius 3 is 2.83 bits per heavy atom. The normalized spacial score (nSPS) is 16.9. The summed E-state index contributed by atoms with van der Waals surface area (Å²) in [4.78, 5) is 13.6. The standard InChI is InChI=1S/C11H19N5O2/c1-8(12-2)10-14-15-11(18-10)13-7-9(17)16-5-3-4-6-16/h8,12H,3-7H2,1-2H3,(H,13,15). The van der Waals surface area contributed by atoms with Crippen LogP contribution in [0.5, 0.6) is 0 Å². The predicted molar refractivity (Wildman–Crippen MR) is 66.1 cm³/mol.